The Labute approximate surface area is 189 Å². The molecule has 7 nitrogen and oxygen atoms in total. The van der Waals surface area contributed by atoms with E-state index in [4.69, 9.17) is 9.72 Å². The van der Waals surface area contributed by atoms with Crippen LogP contribution in [0.3, 0.4) is 0 Å². The first-order chi connectivity index (χ1) is 16.2. The van der Waals surface area contributed by atoms with Crippen LogP contribution in [0.4, 0.5) is 10.2 Å². The van der Waals surface area contributed by atoms with Gasteiger partial charge in [-0.3, -0.25) is 9.67 Å². The van der Waals surface area contributed by atoms with E-state index in [1.807, 2.05) is 42.6 Å². The number of nitrogens with zero attached hydrogens (tertiary/aromatic N) is 5. The number of fused-ring (bicyclic) bond motifs is 1. The van der Waals surface area contributed by atoms with Crippen molar-refractivity contribution >= 4 is 16.7 Å². The van der Waals surface area contributed by atoms with Gasteiger partial charge < -0.3 is 10.1 Å². The highest BCUT2D eigenvalue weighted by molar-refractivity contribution is 5.97. The second kappa shape index (κ2) is 9.04. The summed E-state index contributed by atoms with van der Waals surface area (Å²) in [5.74, 6) is 1.38. The Morgan fingerprint density at radius 3 is 2.67 bits per heavy atom. The van der Waals surface area contributed by atoms with Gasteiger partial charge in [-0.1, -0.05) is 18.2 Å². The van der Waals surface area contributed by atoms with Crippen LogP contribution in [0.1, 0.15) is 0 Å². The Balaban J connectivity index is 1.65. The van der Waals surface area contributed by atoms with Gasteiger partial charge in [0, 0.05) is 48.3 Å². The molecule has 0 aliphatic rings. The number of halogens is 1. The Hall–Kier alpha value is -4.33. The van der Waals surface area contributed by atoms with Crippen LogP contribution in [-0.2, 0) is 6.54 Å². The molecule has 8 heteroatoms. The number of nitrogens with one attached hydrogen (secondary N) is 1. The van der Waals surface area contributed by atoms with Crippen LogP contribution in [0.25, 0.3) is 33.4 Å². The predicted octanol–water partition coefficient (Wildman–Crippen LogP) is 4.82. The van der Waals surface area contributed by atoms with Crippen LogP contribution in [0.2, 0.25) is 0 Å². The maximum Gasteiger partial charge on any atom is 0.163 e. The first-order valence-corrected chi connectivity index (χ1v) is 10.5. The molecule has 1 N–H and O–H groups in total. The molecule has 0 spiro atoms. The molecule has 0 aliphatic heterocycles. The summed E-state index contributed by atoms with van der Waals surface area (Å²) in [6.07, 6.45) is 7.01. The molecular formula is C25H21FN6O. The van der Waals surface area contributed by atoms with Gasteiger partial charge in [-0.2, -0.15) is 5.10 Å². The lowest BCUT2D eigenvalue weighted by molar-refractivity contribution is 0.294. The summed E-state index contributed by atoms with van der Waals surface area (Å²) in [7, 11) is 1.79. The molecular weight excluding hydrogens is 419 g/mol. The number of rotatable bonds is 7. The largest absolute Gasteiger partial charge is 0.489 e. The van der Waals surface area contributed by atoms with Gasteiger partial charge in [-0.05, 0) is 42.0 Å². The number of pyridine rings is 1. The molecule has 0 unspecified atom stereocenters. The molecule has 0 radical (unpaired) electrons. The number of benzene rings is 2. The van der Waals surface area contributed by atoms with Crippen LogP contribution in [0, 0.1) is 5.82 Å². The normalized spacial score (nSPS) is 11.0. The molecule has 2 aromatic carbocycles. The highest BCUT2D eigenvalue weighted by Gasteiger charge is 2.17. The molecule has 3 aromatic heterocycles. The monoisotopic (exact) mass is 440 g/mol. The van der Waals surface area contributed by atoms with Gasteiger partial charge in [0.2, 0.25) is 0 Å². The number of ether oxygens (including phenoxy) is 1. The van der Waals surface area contributed by atoms with E-state index < -0.39 is 0 Å². The fraction of sp³-hybridized carbons (Fsp3) is 0.120. The molecule has 3 heterocycles. The van der Waals surface area contributed by atoms with E-state index in [9.17, 15) is 4.39 Å². The van der Waals surface area contributed by atoms with Crippen LogP contribution < -0.4 is 10.1 Å². The fourth-order valence-electron chi connectivity index (χ4n) is 3.66. The lowest BCUT2D eigenvalue weighted by atomic mass is 10.0. The number of anilines is 1. The Morgan fingerprint density at radius 2 is 1.91 bits per heavy atom. The van der Waals surface area contributed by atoms with Gasteiger partial charge in [0.05, 0.1) is 6.54 Å². The van der Waals surface area contributed by atoms with Crippen LogP contribution in [0.15, 0.2) is 79.4 Å². The van der Waals surface area contributed by atoms with Gasteiger partial charge in [-0.15, -0.1) is 0 Å². The highest BCUT2D eigenvalue weighted by Crippen LogP contribution is 2.36. The summed E-state index contributed by atoms with van der Waals surface area (Å²) < 4.78 is 22.6. The second-order valence-electron chi connectivity index (χ2n) is 7.36. The number of hydrogen-bond donors (Lipinski definition) is 1. The van der Waals surface area contributed by atoms with Crippen LogP contribution >= 0.6 is 0 Å². The van der Waals surface area contributed by atoms with Crippen molar-refractivity contribution in [3.05, 3.63) is 85.2 Å². The Morgan fingerprint density at radius 1 is 1.00 bits per heavy atom. The zero-order valence-electron chi connectivity index (χ0n) is 17.9. The SMILES string of the molecule is CNc1nc(-c2cccnc2)nc2c(OCCn3cccn3)cc(-c3ccccc3F)cc12. The summed E-state index contributed by atoms with van der Waals surface area (Å²) in [6, 6.07) is 16.0. The van der Waals surface area contributed by atoms with Gasteiger partial charge in [0.25, 0.3) is 0 Å². The molecule has 0 atom stereocenters. The van der Waals surface area contributed by atoms with Crippen LogP contribution in [0.5, 0.6) is 5.75 Å². The van der Waals surface area contributed by atoms with E-state index in [-0.39, 0.29) is 5.82 Å². The van der Waals surface area contributed by atoms with E-state index in [0.29, 0.717) is 47.2 Å². The summed E-state index contributed by atoms with van der Waals surface area (Å²) in [5.41, 5.74) is 2.59. The standard InChI is InChI=1S/C25H21FN6O/c1-27-25-20-14-18(19-7-2-3-8-21(19)26)15-22(33-13-12-32-11-5-10-29-32)23(20)30-24(31-25)17-6-4-9-28-16-17/h2-11,14-16H,12-13H2,1H3,(H,27,30,31). The van der Waals surface area contributed by atoms with E-state index in [2.05, 4.69) is 20.4 Å². The molecule has 0 saturated heterocycles. The molecule has 0 bridgehead atoms. The quantitative estimate of drug-likeness (QED) is 0.391. The van der Waals surface area contributed by atoms with Gasteiger partial charge in [0.15, 0.2) is 5.82 Å². The third-order valence-electron chi connectivity index (χ3n) is 5.24. The van der Waals surface area contributed by atoms with E-state index >= 15 is 0 Å². The first kappa shape index (κ1) is 20.6. The molecule has 0 fully saturated rings. The van der Waals surface area contributed by atoms with Gasteiger partial charge in [-0.25, -0.2) is 14.4 Å². The maximum absolute atomic E-state index is 14.6. The average Bonchev–Trinajstić information content (AvgIpc) is 3.38. The highest BCUT2D eigenvalue weighted by atomic mass is 19.1. The zero-order valence-corrected chi connectivity index (χ0v) is 17.9. The topological polar surface area (TPSA) is 77.8 Å². The van der Waals surface area contributed by atoms with Crippen molar-refractivity contribution in [2.75, 3.05) is 19.0 Å². The van der Waals surface area contributed by atoms with Gasteiger partial charge >= 0.3 is 0 Å². The van der Waals surface area contributed by atoms with Crippen molar-refractivity contribution in [2.45, 2.75) is 6.54 Å². The number of hydrogen-bond acceptors (Lipinski definition) is 6. The molecule has 164 valence electrons. The van der Waals surface area contributed by atoms with E-state index in [1.54, 1.807) is 42.5 Å². The summed E-state index contributed by atoms with van der Waals surface area (Å²) >= 11 is 0. The lowest BCUT2D eigenvalue weighted by Gasteiger charge is -2.15. The van der Waals surface area contributed by atoms with Crippen molar-refractivity contribution in [2.24, 2.45) is 0 Å². The lowest BCUT2D eigenvalue weighted by Crippen LogP contribution is -2.09. The molecule has 5 aromatic rings. The smallest absolute Gasteiger partial charge is 0.163 e. The van der Waals surface area contributed by atoms with Crippen molar-refractivity contribution < 1.29 is 9.13 Å². The van der Waals surface area contributed by atoms with Gasteiger partial charge in [0.1, 0.15) is 29.5 Å². The molecule has 0 saturated carbocycles. The van der Waals surface area contributed by atoms with Crippen LogP contribution in [-0.4, -0.2) is 38.4 Å². The van der Waals surface area contributed by atoms with Crippen molar-refractivity contribution in [3.63, 3.8) is 0 Å². The zero-order chi connectivity index (χ0) is 22.6. The first-order valence-electron chi connectivity index (χ1n) is 10.5. The molecule has 0 amide bonds. The molecule has 33 heavy (non-hydrogen) atoms. The minimum absolute atomic E-state index is 0.307. The second-order valence-corrected chi connectivity index (χ2v) is 7.36. The average molecular weight is 440 g/mol. The molecule has 0 aliphatic carbocycles. The Bertz CT molecular complexity index is 1390. The third-order valence-corrected chi connectivity index (χ3v) is 5.24. The van der Waals surface area contributed by atoms with Crippen molar-refractivity contribution in [3.8, 4) is 28.3 Å². The summed E-state index contributed by atoms with van der Waals surface area (Å²) in [5, 5.41) is 8.09. The molecule has 5 rings (SSSR count). The fourth-order valence-corrected chi connectivity index (χ4v) is 3.66. The minimum atomic E-state index is -0.307. The number of aromatic nitrogens is 5. The maximum atomic E-state index is 14.6. The van der Waals surface area contributed by atoms with Crippen molar-refractivity contribution in [1.82, 2.24) is 24.7 Å². The van der Waals surface area contributed by atoms with Crippen molar-refractivity contribution in [1.29, 1.82) is 0 Å². The Kier molecular flexibility index (Phi) is 5.63. The van der Waals surface area contributed by atoms with E-state index in [0.717, 1.165) is 10.9 Å². The minimum Gasteiger partial charge on any atom is -0.489 e. The van der Waals surface area contributed by atoms with E-state index in [1.165, 1.54) is 6.07 Å². The third kappa shape index (κ3) is 4.23. The predicted molar refractivity (Wildman–Crippen MR) is 125 cm³/mol. The summed E-state index contributed by atoms with van der Waals surface area (Å²) in [6.45, 7) is 0.941. The summed E-state index contributed by atoms with van der Waals surface area (Å²) in [4.78, 5) is 13.7.